The van der Waals surface area contributed by atoms with Crippen LogP contribution in [0.15, 0.2) is 91.0 Å². The van der Waals surface area contributed by atoms with Crippen LogP contribution in [0.2, 0.25) is 0 Å². The first-order valence-electron chi connectivity index (χ1n) is 10.9. The van der Waals surface area contributed by atoms with Crippen molar-refractivity contribution in [1.82, 2.24) is 0 Å². The number of benzene rings is 4. The van der Waals surface area contributed by atoms with E-state index in [1.54, 1.807) is 0 Å². The normalized spacial score (nSPS) is 11.8. The molecule has 1 nitrogen and oxygen atoms in total. The number of hydrogen-bond acceptors (Lipinski definition) is 1. The average Bonchev–Trinajstić information content (AvgIpc) is 3.20. The molecule has 30 heavy (non-hydrogen) atoms. The fraction of sp³-hybridized carbons (Fsp3) is 0.172. The molecule has 1 aliphatic carbocycles. The van der Waals surface area contributed by atoms with Crippen LogP contribution in [-0.4, -0.2) is 13.1 Å². The highest BCUT2D eigenvalue weighted by Gasteiger charge is 2.26. The van der Waals surface area contributed by atoms with Crippen LogP contribution in [0, 0.1) is 0 Å². The second-order valence-electron chi connectivity index (χ2n) is 7.93. The van der Waals surface area contributed by atoms with Crippen molar-refractivity contribution in [3.63, 3.8) is 0 Å². The van der Waals surface area contributed by atoms with Crippen molar-refractivity contribution in [3.8, 4) is 33.4 Å². The molecular weight excluding hydrogens is 362 g/mol. The molecule has 4 aromatic rings. The Labute approximate surface area is 179 Å². The predicted octanol–water partition coefficient (Wildman–Crippen LogP) is 7.44. The molecule has 148 valence electrons. The van der Waals surface area contributed by atoms with Crippen molar-refractivity contribution in [2.75, 3.05) is 18.0 Å². The second-order valence-corrected chi connectivity index (χ2v) is 7.93. The summed E-state index contributed by atoms with van der Waals surface area (Å²) < 4.78 is 0. The van der Waals surface area contributed by atoms with Crippen molar-refractivity contribution >= 4 is 5.69 Å². The van der Waals surface area contributed by atoms with Crippen molar-refractivity contribution in [2.24, 2.45) is 0 Å². The lowest BCUT2D eigenvalue weighted by molar-refractivity contribution is 0.860. The van der Waals surface area contributed by atoms with Gasteiger partial charge in [0, 0.05) is 25.2 Å². The third-order valence-electron chi connectivity index (χ3n) is 6.34. The molecule has 0 saturated carbocycles. The van der Waals surface area contributed by atoms with Gasteiger partial charge in [-0.2, -0.15) is 0 Å². The van der Waals surface area contributed by atoms with Gasteiger partial charge in [0.05, 0.1) is 0 Å². The molecule has 0 amide bonds. The van der Waals surface area contributed by atoms with Crippen LogP contribution in [0.3, 0.4) is 0 Å². The van der Waals surface area contributed by atoms with Gasteiger partial charge < -0.3 is 4.90 Å². The van der Waals surface area contributed by atoms with Crippen LogP contribution in [-0.2, 0) is 6.42 Å². The number of hydrogen-bond donors (Lipinski definition) is 0. The van der Waals surface area contributed by atoms with Gasteiger partial charge in [-0.15, -0.1) is 0 Å². The number of nitrogens with zero attached hydrogens (tertiary/aromatic N) is 1. The molecule has 0 radical (unpaired) electrons. The van der Waals surface area contributed by atoms with Gasteiger partial charge in [0.2, 0.25) is 0 Å². The number of anilines is 1. The molecule has 1 aliphatic rings. The van der Waals surface area contributed by atoms with E-state index < -0.39 is 0 Å². The molecule has 0 saturated heterocycles. The van der Waals surface area contributed by atoms with Gasteiger partial charge in [0.25, 0.3) is 0 Å². The van der Waals surface area contributed by atoms with Crippen LogP contribution in [0.5, 0.6) is 0 Å². The third kappa shape index (κ3) is 3.11. The third-order valence-corrected chi connectivity index (χ3v) is 6.34. The standard InChI is InChI=1S/C29H27N/c1-3-30(4-2)29-19-23(21-12-7-5-8-13-21)18-26-25-17-11-16-24(27(25)20-28(26)29)22-14-9-6-10-15-22/h5-19H,3-4,20H2,1-2H3. The molecule has 1 heteroatoms. The molecule has 0 fully saturated rings. The number of fused-ring (bicyclic) bond motifs is 3. The monoisotopic (exact) mass is 389 g/mol. The van der Waals surface area contributed by atoms with Crippen LogP contribution in [0.25, 0.3) is 33.4 Å². The van der Waals surface area contributed by atoms with Crippen LogP contribution >= 0.6 is 0 Å². The van der Waals surface area contributed by atoms with E-state index in [-0.39, 0.29) is 0 Å². The molecule has 0 aliphatic heterocycles. The first-order chi connectivity index (χ1) is 14.8. The fourth-order valence-electron chi connectivity index (χ4n) is 4.82. The molecule has 0 spiro atoms. The van der Waals surface area contributed by atoms with E-state index in [9.17, 15) is 0 Å². The summed E-state index contributed by atoms with van der Waals surface area (Å²) in [5, 5.41) is 0. The van der Waals surface area contributed by atoms with Gasteiger partial charge >= 0.3 is 0 Å². The average molecular weight is 390 g/mol. The minimum atomic E-state index is 0.997. The zero-order chi connectivity index (χ0) is 20.5. The summed E-state index contributed by atoms with van der Waals surface area (Å²) in [4.78, 5) is 2.50. The molecule has 0 unspecified atom stereocenters. The molecule has 5 rings (SSSR count). The smallest absolute Gasteiger partial charge is 0.0414 e. The lowest BCUT2D eigenvalue weighted by Gasteiger charge is -2.25. The molecule has 4 aromatic carbocycles. The summed E-state index contributed by atoms with van der Waals surface area (Å²) in [7, 11) is 0. The van der Waals surface area contributed by atoms with E-state index in [0.29, 0.717) is 0 Å². The molecule has 0 atom stereocenters. The topological polar surface area (TPSA) is 3.24 Å². The van der Waals surface area contributed by atoms with E-state index in [1.165, 1.54) is 50.2 Å². The highest BCUT2D eigenvalue weighted by atomic mass is 15.1. The summed E-state index contributed by atoms with van der Waals surface area (Å²) in [6.07, 6.45) is 0.997. The van der Waals surface area contributed by atoms with E-state index in [4.69, 9.17) is 0 Å². The largest absolute Gasteiger partial charge is 0.372 e. The maximum Gasteiger partial charge on any atom is 0.0414 e. The minimum Gasteiger partial charge on any atom is -0.372 e. The van der Waals surface area contributed by atoms with Gasteiger partial charge in [-0.3, -0.25) is 0 Å². The Balaban J connectivity index is 1.73. The molecule has 0 bridgehead atoms. The first kappa shape index (κ1) is 18.7. The highest BCUT2D eigenvalue weighted by Crippen LogP contribution is 2.47. The van der Waals surface area contributed by atoms with Crippen molar-refractivity contribution < 1.29 is 0 Å². The SMILES string of the molecule is CCN(CC)c1cc(-c2ccccc2)cc2c1Cc1c(-c3ccccc3)cccc1-2. The lowest BCUT2D eigenvalue weighted by atomic mass is 9.95. The first-order valence-corrected chi connectivity index (χ1v) is 10.9. The van der Waals surface area contributed by atoms with E-state index >= 15 is 0 Å². The Hall–Kier alpha value is -3.32. The Morgan fingerprint density at radius 1 is 0.567 bits per heavy atom. The maximum atomic E-state index is 2.50. The minimum absolute atomic E-state index is 0.997. The molecular formula is C29H27N. The van der Waals surface area contributed by atoms with Gasteiger partial charge in [0.1, 0.15) is 0 Å². The lowest BCUT2D eigenvalue weighted by Crippen LogP contribution is -2.23. The highest BCUT2D eigenvalue weighted by molar-refractivity contribution is 5.91. The fourth-order valence-corrected chi connectivity index (χ4v) is 4.82. The van der Waals surface area contributed by atoms with Crippen molar-refractivity contribution in [2.45, 2.75) is 20.3 Å². The van der Waals surface area contributed by atoms with Gasteiger partial charge in [-0.05, 0) is 70.5 Å². The Bertz CT molecular complexity index is 1170. The molecule has 0 aromatic heterocycles. The summed E-state index contributed by atoms with van der Waals surface area (Å²) in [5.74, 6) is 0. The van der Waals surface area contributed by atoms with Crippen LogP contribution < -0.4 is 4.90 Å². The summed E-state index contributed by atoms with van der Waals surface area (Å²) in [5.41, 5.74) is 12.3. The summed E-state index contributed by atoms with van der Waals surface area (Å²) in [6, 6.07) is 33.1. The maximum absolute atomic E-state index is 2.50. The second kappa shape index (κ2) is 7.84. The zero-order valence-corrected chi connectivity index (χ0v) is 17.7. The molecule has 0 heterocycles. The predicted molar refractivity (Wildman–Crippen MR) is 129 cm³/mol. The number of rotatable bonds is 5. The summed E-state index contributed by atoms with van der Waals surface area (Å²) >= 11 is 0. The van der Waals surface area contributed by atoms with E-state index in [2.05, 4.69) is 110 Å². The van der Waals surface area contributed by atoms with E-state index in [1.807, 2.05) is 0 Å². The van der Waals surface area contributed by atoms with Crippen molar-refractivity contribution in [3.05, 3.63) is 102 Å². The Morgan fingerprint density at radius 2 is 1.20 bits per heavy atom. The summed E-state index contributed by atoms with van der Waals surface area (Å²) in [6.45, 7) is 6.54. The van der Waals surface area contributed by atoms with E-state index in [0.717, 1.165) is 19.5 Å². The van der Waals surface area contributed by atoms with Gasteiger partial charge in [-0.1, -0.05) is 78.9 Å². The van der Waals surface area contributed by atoms with Gasteiger partial charge in [0.15, 0.2) is 0 Å². The van der Waals surface area contributed by atoms with Crippen LogP contribution in [0.1, 0.15) is 25.0 Å². The Morgan fingerprint density at radius 3 is 1.87 bits per heavy atom. The Kier molecular flexibility index (Phi) is 4.88. The zero-order valence-electron chi connectivity index (χ0n) is 17.7. The van der Waals surface area contributed by atoms with Crippen molar-refractivity contribution in [1.29, 1.82) is 0 Å². The quantitative estimate of drug-likeness (QED) is 0.302. The van der Waals surface area contributed by atoms with Gasteiger partial charge in [-0.25, -0.2) is 0 Å². The van der Waals surface area contributed by atoms with Crippen LogP contribution in [0.4, 0.5) is 5.69 Å². The molecule has 0 N–H and O–H groups in total.